The third-order valence-electron chi connectivity index (χ3n) is 3.36. The average Bonchev–Trinajstić information content (AvgIpc) is 2.39. The fourth-order valence-corrected chi connectivity index (χ4v) is 2.48. The van der Waals surface area contributed by atoms with E-state index >= 15 is 0 Å². The van der Waals surface area contributed by atoms with Gasteiger partial charge in [0.2, 0.25) is 5.88 Å². The predicted molar refractivity (Wildman–Crippen MR) is 63.6 cm³/mol. The largest absolute Gasteiger partial charge is 0.481 e. The molecule has 92 valence electrons. The summed E-state index contributed by atoms with van der Waals surface area (Å²) in [5.41, 5.74) is 1.01. The molecule has 0 aliphatic heterocycles. The number of carbonyl (C=O) groups is 1. The van der Waals surface area contributed by atoms with Gasteiger partial charge in [0.1, 0.15) is 0 Å². The highest BCUT2D eigenvalue weighted by atomic mass is 16.5. The summed E-state index contributed by atoms with van der Waals surface area (Å²) in [4.78, 5) is 15.3. The summed E-state index contributed by atoms with van der Waals surface area (Å²) >= 11 is 0. The summed E-state index contributed by atoms with van der Waals surface area (Å²) < 4.78 is 4.97. The fourth-order valence-electron chi connectivity index (χ4n) is 2.48. The van der Waals surface area contributed by atoms with Crippen molar-refractivity contribution in [1.29, 1.82) is 0 Å². The van der Waals surface area contributed by atoms with Gasteiger partial charge in [-0.05, 0) is 24.3 Å². The van der Waals surface area contributed by atoms with Crippen molar-refractivity contribution in [3.63, 3.8) is 0 Å². The van der Waals surface area contributed by atoms with Crippen molar-refractivity contribution in [1.82, 2.24) is 4.98 Å². The molecule has 1 aromatic heterocycles. The number of carboxylic acid groups (broad SMARTS) is 1. The quantitative estimate of drug-likeness (QED) is 0.875. The molecule has 0 unspecified atom stereocenters. The summed E-state index contributed by atoms with van der Waals surface area (Å²) in [6, 6.07) is 3.60. The number of hydrogen-bond acceptors (Lipinski definition) is 3. The molecule has 4 heteroatoms. The van der Waals surface area contributed by atoms with Gasteiger partial charge in [0.05, 0.1) is 7.11 Å². The van der Waals surface area contributed by atoms with Crippen LogP contribution in [0.4, 0.5) is 0 Å². The van der Waals surface area contributed by atoms with Gasteiger partial charge < -0.3 is 9.84 Å². The van der Waals surface area contributed by atoms with E-state index in [9.17, 15) is 9.90 Å². The van der Waals surface area contributed by atoms with Crippen molar-refractivity contribution in [3.8, 4) is 5.88 Å². The highest BCUT2D eigenvalue weighted by Crippen LogP contribution is 2.34. The van der Waals surface area contributed by atoms with E-state index in [0.29, 0.717) is 11.8 Å². The zero-order valence-corrected chi connectivity index (χ0v) is 9.98. The predicted octanol–water partition coefficient (Wildman–Crippen LogP) is 2.84. The first kappa shape index (κ1) is 11.9. The van der Waals surface area contributed by atoms with Gasteiger partial charge in [0, 0.05) is 6.07 Å². The van der Waals surface area contributed by atoms with E-state index in [-0.39, 0.29) is 5.69 Å². The molecular formula is C13H17NO3. The number of ether oxygens (including phenoxy) is 1. The van der Waals surface area contributed by atoms with Gasteiger partial charge in [-0.1, -0.05) is 25.3 Å². The minimum absolute atomic E-state index is 0.149. The molecular weight excluding hydrogens is 218 g/mol. The number of methoxy groups -OCH3 is 1. The third kappa shape index (κ3) is 2.57. The number of carboxylic acids is 1. The molecule has 0 spiro atoms. The second kappa shape index (κ2) is 5.17. The minimum atomic E-state index is -0.968. The molecule has 0 saturated heterocycles. The van der Waals surface area contributed by atoms with E-state index in [0.717, 1.165) is 18.4 Å². The van der Waals surface area contributed by atoms with Crippen LogP contribution in [0.1, 0.15) is 54.1 Å². The van der Waals surface area contributed by atoms with Crippen molar-refractivity contribution in [2.24, 2.45) is 0 Å². The average molecular weight is 235 g/mol. The second-order valence-electron chi connectivity index (χ2n) is 4.43. The number of aromatic nitrogens is 1. The van der Waals surface area contributed by atoms with Crippen molar-refractivity contribution in [2.45, 2.75) is 38.0 Å². The first-order valence-corrected chi connectivity index (χ1v) is 6.00. The maximum atomic E-state index is 11.2. The minimum Gasteiger partial charge on any atom is -0.481 e. The molecule has 17 heavy (non-hydrogen) atoms. The number of pyridine rings is 1. The molecule has 0 radical (unpaired) electrons. The van der Waals surface area contributed by atoms with E-state index in [1.54, 1.807) is 6.07 Å². The molecule has 1 heterocycles. The SMILES string of the molecule is COc1ccc(C2CCCCC2)c(C(=O)O)n1. The van der Waals surface area contributed by atoms with Crippen molar-refractivity contribution < 1.29 is 14.6 Å². The van der Waals surface area contributed by atoms with Gasteiger partial charge in [0.15, 0.2) is 5.69 Å². The molecule has 1 fully saturated rings. The lowest BCUT2D eigenvalue weighted by Gasteiger charge is -2.23. The lowest BCUT2D eigenvalue weighted by atomic mass is 9.83. The molecule has 0 aromatic carbocycles. The van der Waals surface area contributed by atoms with Crippen LogP contribution in [0.5, 0.6) is 5.88 Å². The van der Waals surface area contributed by atoms with Gasteiger partial charge in [-0.25, -0.2) is 9.78 Å². The fraction of sp³-hybridized carbons (Fsp3) is 0.538. The van der Waals surface area contributed by atoms with Crippen LogP contribution in [0.3, 0.4) is 0 Å². The zero-order valence-electron chi connectivity index (χ0n) is 9.98. The standard InChI is InChI=1S/C13H17NO3/c1-17-11-8-7-10(12(14-11)13(15)16)9-5-3-2-4-6-9/h7-9H,2-6H2,1H3,(H,15,16). The number of nitrogens with zero attached hydrogens (tertiary/aromatic N) is 1. The second-order valence-corrected chi connectivity index (χ2v) is 4.43. The Morgan fingerprint density at radius 3 is 2.65 bits per heavy atom. The van der Waals surface area contributed by atoms with Crippen LogP contribution in [0.15, 0.2) is 12.1 Å². The molecule has 1 aliphatic rings. The first-order chi connectivity index (χ1) is 8.22. The molecule has 2 rings (SSSR count). The Bertz CT molecular complexity index is 411. The molecule has 1 aliphatic carbocycles. The number of hydrogen-bond donors (Lipinski definition) is 1. The lowest BCUT2D eigenvalue weighted by molar-refractivity contribution is 0.0687. The first-order valence-electron chi connectivity index (χ1n) is 6.00. The van der Waals surface area contributed by atoms with Crippen LogP contribution in [0.25, 0.3) is 0 Å². The van der Waals surface area contributed by atoms with Crippen LogP contribution >= 0.6 is 0 Å². The maximum Gasteiger partial charge on any atom is 0.354 e. The molecule has 0 atom stereocenters. The normalized spacial score (nSPS) is 16.8. The Morgan fingerprint density at radius 1 is 1.35 bits per heavy atom. The van der Waals surface area contributed by atoms with Gasteiger partial charge in [-0.2, -0.15) is 0 Å². The van der Waals surface area contributed by atoms with Crippen LogP contribution in [-0.4, -0.2) is 23.2 Å². The van der Waals surface area contributed by atoms with Gasteiger partial charge in [-0.3, -0.25) is 0 Å². The van der Waals surface area contributed by atoms with Crippen LogP contribution in [-0.2, 0) is 0 Å². The van der Waals surface area contributed by atoms with Gasteiger partial charge in [0.25, 0.3) is 0 Å². The summed E-state index contributed by atoms with van der Waals surface area (Å²) in [6.45, 7) is 0. The van der Waals surface area contributed by atoms with Gasteiger partial charge in [-0.15, -0.1) is 0 Å². The monoisotopic (exact) mass is 235 g/mol. The summed E-state index contributed by atoms with van der Waals surface area (Å²) in [5, 5.41) is 9.20. The van der Waals surface area contributed by atoms with E-state index in [1.165, 1.54) is 26.4 Å². The smallest absolute Gasteiger partial charge is 0.354 e. The van der Waals surface area contributed by atoms with Crippen molar-refractivity contribution in [3.05, 3.63) is 23.4 Å². The van der Waals surface area contributed by atoms with E-state index < -0.39 is 5.97 Å². The van der Waals surface area contributed by atoms with Gasteiger partial charge >= 0.3 is 5.97 Å². The van der Waals surface area contributed by atoms with Crippen molar-refractivity contribution in [2.75, 3.05) is 7.11 Å². The number of rotatable bonds is 3. The molecule has 1 saturated carbocycles. The zero-order chi connectivity index (χ0) is 12.3. The van der Waals surface area contributed by atoms with E-state index in [2.05, 4.69) is 4.98 Å². The Balaban J connectivity index is 2.34. The lowest BCUT2D eigenvalue weighted by Crippen LogP contribution is -2.12. The van der Waals surface area contributed by atoms with Crippen molar-refractivity contribution >= 4 is 5.97 Å². The Labute approximate surface area is 101 Å². The maximum absolute atomic E-state index is 11.2. The molecule has 1 aromatic rings. The molecule has 0 amide bonds. The van der Waals surface area contributed by atoms with E-state index in [4.69, 9.17) is 4.74 Å². The third-order valence-corrected chi connectivity index (χ3v) is 3.36. The number of aromatic carboxylic acids is 1. The topological polar surface area (TPSA) is 59.4 Å². The Morgan fingerprint density at radius 2 is 2.06 bits per heavy atom. The molecule has 0 bridgehead atoms. The Kier molecular flexibility index (Phi) is 3.61. The van der Waals surface area contributed by atoms with Crippen LogP contribution < -0.4 is 4.74 Å². The summed E-state index contributed by atoms with van der Waals surface area (Å²) in [7, 11) is 1.49. The summed E-state index contributed by atoms with van der Waals surface area (Å²) in [6.07, 6.45) is 5.73. The van der Waals surface area contributed by atoms with Crippen LogP contribution in [0, 0.1) is 0 Å². The molecule has 4 nitrogen and oxygen atoms in total. The highest BCUT2D eigenvalue weighted by Gasteiger charge is 2.22. The highest BCUT2D eigenvalue weighted by molar-refractivity contribution is 5.87. The van der Waals surface area contributed by atoms with E-state index in [1.807, 2.05) is 6.07 Å². The van der Waals surface area contributed by atoms with Crippen LogP contribution in [0.2, 0.25) is 0 Å². The summed E-state index contributed by atoms with van der Waals surface area (Å²) in [5.74, 6) is -0.264. The Hall–Kier alpha value is -1.58. The molecule has 1 N–H and O–H groups in total.